The van der Waals surface area contributed by atoms with E-state index in [0.29, 0.717) is 17.7 Å². The normalized spacial score (nSPS) is 12.0. The first-order valence-corrected chi connectivity index (χ1v) is 7.16. The van der Waals surface area contributed by atoms with Gasteiger partial charge in [-0.3, -0.25) is 0 Å². The van der Waals surface area contributed by atoms with E-state index < -0.39 is 11.5 Å². The van der Waals surface area contributed by atoms with Gasteiger partial charge in [-0.15, -0.1) is 0 Å². The summed E-state index contributed by atoms with van der Waals surface area (Å²) in [5, 5.41) is 23.0. The molecule has 0 saturated carbocycles. The molecule has 0 aliphatic carbocycles. The molecule has 3 N–H and O–H groups in total. The lowest BCUT2D eigenvalue weighted by atomic mass is 9.93. The Morgan fingerprint density at radius 3 is 2.52 bits per heavy atom. The molecule has 21 heavy (non-hydrogen) atoms. The molecule has 5 heteroatoms. The molecule has 0 unspecified atom stereocenters. The minimum atomic E-state index is -1.08. The van der Waals surface area contributed by atoms with Gasteiger partial charge in [0.05, 0.1) is 6.61 Å². The monoisotopic (exact) mass is 291 g/mol. The summed E-state index contributed by atoms with van der Waals surface area (Å²) in [5.41, 5.74) is 0.792. The van der Waals surface area contributed by atoms with Gasteiger partial charge in [0.1, 0.15) is 5.58 Å². The van der Waals surface area contributed by atoms with Crippen molar-refractivity contribution in [1.29, 1.82) is 0 Å². The number of aliphatic hydroxyl groups is 1. The minimum Gasteiger partial charge on any atom is -0.475 e. The quantitative estimate of drug-likeness (QED) is 0.730. The number of nitrogens with one attached hydrogen (secondary N) is 1. The van der Waals surface area contributed by atoms with Crippen LogP contribution >= 0.6 is 0 Å². The summed E-state index contributed by atoms with van der Waals surface area (Å²) in [5.74, 6) is -1.12. The number of carbonyl (C=O) groups is 1. The molecule has 2 rings (SSSR count). The Kier molecular flexibility index (Phi) is 4.65. The summed E-state index contributed by atoms with van der Waals surface area (Å²) < 4.78 is 5.42. The van der Waals surface area contributed by atoms with Crippen LogP contribution in [0.4, 0.5) is 0 Å². The predicted octanol–water partition coefficient (Wildman–Crippen LogP) is 2.77. The average molecular weight is 291 g/mol. The number of carboxylic acid groups (broad SMARTS) is 1. The summed E-state index contributed by atoms with van der Waals surface area (Å²) in [6.07, 6.45) is 1.52. The molecule has 2 aromatic rings. The van der Waals surface area contributed by atoms with Gasteiger partial charge in [-0.05, 0) is 18.9 Å². The first-order chi connectivity index (χ1) is 10.1. The third-order valence-corrected chi connectivity index (χ3v) is 4.19. The molecular weight excluding hydrogens is 270 g/mol. The molecule has 0 radical (unpaired) electrons. The maximum absolute atomic E-state index is 11.4. The fourth-order valence-electron chi connectivity index (χ4n) is 2.50. The van der Waals surface area contributed by atoms with Crippen LogP contribution in [0.1, 0.15) is 42.8 Å². The molecule has 0 amide bonds. The van der Waals surface area contributed by atoms with Crippen molar-refractivity contribution in [3.05, 3.63) is 35.6 Å². The second kappa shape index (κ2) is 6.28. The van der Waals surface area contributed by atoms with E-state index in [0.717, 1.165) is 18.2 Å². The topological polar surface area (TPSA) is 82.7 Å². The SMILES string of the molecule is CCC(CC)(CO)NCc1c(C(=O)O)oc2ccccc12. The number of para-hydroxylation sites is 1. The lowest BCUT2D eigenvalue weighted by Crippen LogP contribution is -2.47. The second-order valence-electron chi connectivity index (χ2n) is 5.21. The van der Waals surface area contributed by atoms with Crippen molar-refractivity contribution < 1.29 is 19.4 Å². The molecule has 5 nitrogen and oxygen atoms in total. The van der Waals surface area contributed by atoms with Crippen molar-refractivity contribution in [2.24, 2.45) is 0 Å². The molecule has 0 fully saturated rings. The Morgan fingerprint density at radius 1 is 1.29 bits per heavy atom. The number of fused-ring (bicyclic) bond motifs is 1. The minimum absolute atomic E-state index is 0.0121. The highest BCUT2D eigenvalue weighted by Crippen LogP contribution is 2.27. The fourth-order valence-corrected chi connectivity index (χ4v) is 2.50. The van der Waals surface area contributed by atoms with E-state index in [4.69, 9.17) is 4.42 Å². The summed E-state index contributed by atoms with van der Waals surface area (Å²) >= 11 is 0. The molecule has 0 aliphatic rings. The molecule has 0 spiro atoms. The highest BCUT2D eigenvalue weighted by molar-refractivity contribution is 5.95. The van der Waals surface area contributed by atoms with Crippen LogP contribution in [-0.2, 0) is 6.54 Å². The smallest absolute Gasteiger partial charge is 0.372 e. The first-order valence-electron chi connectivity index (χ1n) is 7.16. The summed E-state index contributed by atoms with van der Waals surface area (Å²) in [6.45, 7) is 4.36. The van der Waals surface area contributed by atoms with Gasteiger partial charge in [-0.2, -0.15) is 0 Å². The maximum Gasteiger partial charge on any atom is 0.372 e. The summed E-state index contributed by atoms with van der Waals surface area (Å²) in [7, 11) is 0. The second-order valence-corrected chi connectivity index (χ2v) is 5.21. The van der Waals surface area contributed by atoms with Crippen molar-refractivity contribution in [3.8, 4) is 0 Å². The third-order valence-electron chi connectivity index (χ3n) is 4.19. The van der Waals surface area contributed by atoms with Crippen molar-refractivity contribution >= 4 is 16.9 Å². The summed E-state index contributed by atoms with van der Waals surface area (Å²) in [6, 6.07) is 7.27. The predicted molar refractivity (Wildman–Crippen MR) is 80.4 cm³/mol. The highest BCUT2D eigenvalue weighted by Gasteiger charge is 2.27. The van der Waals surface area contributed by atoms with Gasteiger partial charge in [0.25, 0.3) is 0 Å². The van der Waals surface area contributed by atoms with E-state index >= 15 is 0 Å². The number of rotatable bonds is 7. The zero-order valence-corrected chi connectivity index (χ0v) is 12.3. The fraction of sp³-hybridized carbons (Fsp3) is 0.438. The number of hydrogen-bond donors (Lipinski definition) is 3. The molecule has 0 atom stereocenters. The van der Waals surface area contributed by atoms with Gasteiger partial charge in [0.2, 0.25) is 5.76 Å². The van der Waals surface area contributed by atoms with Crippen LogP contribution in [0.3, 0.4) is 0 Å². The van der Waals surface area contributed by atoms with E-state index in [1.807, 2.05) is 32.0 Å². The lowest BCUT2D eigenvalue weighted by Gasteiger charge is -2.30. The van der Waals surface area contributed by atoms with Crippen LogP contribution in [0, 0.1) is 0 Å². The van der Waals surface area contributed by atoms with Gasteiger partial charge >= 0.3 is 5.97 Å². The molecule has 1 heterocycles. The molecule has 0 saturated heterocycles. The van der Waals surface area contributed by atoms with Crippen molar-refractivity contribution in [2.75, 3.05) is 6.61 Å². The van der Waals surface area contributed by atoms with Crippen LogP contribution in [0.15, 0.2) is 28.7 Å². The van der Waals surface area contributed by atoms with Crippen molar-refractivity contribution in [1.82, 2.24) is 5.32 Å². The Balaban J connectivity index is 2.37. The van der Waals surface area contributed by atoms with Crippen LogP contribution in [0.2, 0.25) is 0 Å². The Morgan fingerprint density at radius 2 is 1.95 bits per heavy atom. The van der Waals surface area contributed by atoms with Crippen LogP contribution in [-0.4, -0.2) is 28.3 Å². The number of benzene rings is 1. The number of furan rings is 1. The zero-order chi connectivity index (χ0) is 15.5. The first kappa shape index (κ1) is 15.5. The van der Waals surface area contributed by atoms with Crippen LogP contribution in [0.5, 0.6) is 0 Å². The Bertz CT molecular complexity index is 620. The van der Waals surface area contributed by atoms with Gasteiger partial charge in [0.15, 0.2) is 0 Å². The molecule has 1 aromatic heterocycles. The van der Waals surface area contributed by atoms with Gasteiger partial charge < -0.3 is 19.9 Å². The number of carboxylic acids is 1. The molecule has 0 bridgehead atoms. The van der Waals surface area contributed by atoms with E-state index in [1.165, 1.54) is 0 Å². The summed E-state index contributed by atoms with van der Waals surface area (Å²) in [4.78, 5) is 11.4. The number of aliphatic hydroxyl groups excluding tert-OH is 1. The largest absolute Gasteiger partial charge is 0.475 e. The van der Waals surface area contributed by atoms with Gasteiger partial charge in [-0.25, -0.2) is 4.79 Å². The van der Waals surface area contributed by atoms with E-state index in [2.05, 4.69) is 5.32 Å². The number of hydrogen-bond acceptors (Lipinski definition) is 4. The average Bonchev–Trinajstić information content (AvgIpc) is 2.88. The molecule has 1 aromatic carbocycles. The van der Waals surface area contributed by atoms with Gasteiger partial charge in [0, 0.05) is 23.0 Å². The van der Waals surface area contributed by atoms with Crippen molar-refractivity contribution in [2.45, 2.75) is 38.8 Å². The van der Waals surface area contributed by atoms with E-state index in [1.54, 1.807) is 6.07 Å². The number of aromatic carboxylic acids is 1. The van der Waals surface area contributed by atoms with E-state index in [9.17, 15) is 15.0 Å². The van der Waals surface area contributed by atoms with Gasteiger partial charge in [-0.1, -0.05) is 32.0 Å². The third kappa shape index (κ3) is 2.94. The van der Waals surface area contributed by atoms with E-state index in [-0.39, 0.29) is 12.4 Å². The maximum atomic E-state index is 11.4. The Labute approximate surface area is 123 Å². The Hall–Kier alpha value is -1.85. The van der Waals surface area contributed by atoms with Crippen molar-refractivity contribution in [3.63, 3.8) is 0 Å². The standard InChI is InChI=1S/C16H21NO4/c1-3-16(4-2,10-18)17-9-12-11-7-5-6-8-13(11)21-14(12)15(19)20/h5-8,17-18H,3-4,9-10H2,1-2H3,(H,19,20). The lowest BCUT2D eigenvalue weighted by molar-refractivity contribution is 0.0662. The van der Waals surface area contributed by atoms with Crippen LogP contribution < -0.4 is 5.32 Å². The molecular formula is C16H21NO4. The zero-order valence-electron chi connectivity index (χ0n) is 12.3. The van der Waals surface area contributed by atoms with Crippen LogP contribution in [0.25, 0.3) is 11.0 Å². The molecule has 0 aliphatic heterocycles. The molecule has 114 valence electrons. The highest BCUT2D eigenvalue weighted by atomic mass is 16.4.